The fourth-order valence-corrected chi connectivity index (χ4v) is 1.78. The highest BCUT2D eigenvalue weighted by Gasteiger charge is 2.07. The molecule has 0 unspecified atom stereocenters. The van der Waals surface area contributed by atoms with Crippen molar-refractivity contribution in [1.82, 2.24) is 4.98 Å². The van der Waals surface area contributed by atoms with Crippen LogP contribution in [0.25, 0.3) is 10.9 Å². The highest BCUT2D eigenvalue weighted by Crippen LogP contribution is 2.31. The van der Waals surface area contributed by atoms with E-state index in [-0.39, 0.29) is 0 Å². The monoisotopic (exact) mass is 232 g/mol. The van der Waals surface area contributed by atoms with Crippen LogP contribution in [0.15, 0.2) is 24.3 Å². The van der Waals surface area contributed by atoms with Crippen LogP contribution in [0, 0.1) is 0 Å². The predicted octanol–water partition coefficient (Wildman–Crippen LogP) is 1.75. The van der Waals surface area contributed by atoms with E-state index in [9.17, 15) is 0 Å². The summed E-state index contributed by atoms with van der Waals surface area (Å²) in [5.74, 6) is 1.41. The van der Waals surface area contributed by atoms with Crippen LogP contribution in [0.5, 0.6) is 11.5 Å². The first-order valence-corrected chi connectivity index (χ1v) is 5.50. The summed E-state index contributed by atoms with van der Waals surface area (Å²) in [5.41, 5.74) is 7.41. The standard InChI is InChI=1S/C13H16N2O2/c1-16-12-7-9-3-4-10(5-6-14)15-11(9)8-13(12)17-2/h3-4,7-8H,5-6,14H2,1-2H3. The van der Waals surface area contributed by atoms with Crippen LogP contribution in [0.1, 0.15) is 5.69 Å². The van der Waals surface area contributed by atoms with Gasteiger partial charge < -0.3 is 15.2 Å². The molecule has 0 aliphatic rings. The number of pyridine rings is 1. The first-order valence-electron chi connectivity index (χ1n) is 5.50. The molecular weight excluding hydrogens is 216 g/mol. The first kappa shape index (κ1) is 11.7. The van der Waals surface area contributed by atoms with Crippen molar-refractivity contribution in [2.24, 2.45) is 5.73 Å². The van der Waals surface area contributed by atoms with E-state index in [0.29, 0.717) is 18.0 Å². The minimum Gasteiger partial charge on any atom is -0.493 e. The van der Waals surface area contributed by atoms with Crippen molar-refractivity contribution in [3.8, 4) is 11.5 Å². The maximum atomic E-state index is 5.52. The van der Waals surface area contributed by atoms with Crippen molar-refractivity contribution in [3.05, 3.63) is 30.0 Å². The lowest BCUT2D eigenvalue weighted by Gasteiger charge is -2.09. The minimum absolute atomic E-state index is 0.603. The van der Waals surface area contributed by atoms with Crippen molar-refractivity contribution in [2.75, 3.05) is 20.8 Å². The molecule has 0 saturated heterocycles. The summed E-state index contributed by atoms with van der Waals surface area (Å²) >= 11 is 0. The lowest BCUT2D eigenvalue weighted by atomic mass is 10.1. The van der Waals surface area contributed by atoms with E-state index in [0.717, 1.165) is 23.0 Å². The summed E-state index contributed by atoms with van der Waals surface area (Å²) in [7, 11) is 3.24. The first-order chi connectivity index (χ1) is 8.28. The number of benzene rings is 1. The van der Waals surface area contributed by atoms with Crippen LogP contribution in [0.3, 0.4) is 0 Å². The van der Waals surface area contributed by atoms with E-state index in [1.54, 1.807) is 14.2 Å². The maximum absolute atomic E-state index is 5.52. The van der Waals surface area contributed by atoms with Gasteiger partial charge in [-0.05, 0) is 18.7 Å². The summed E-state index contributed by atoms with van der Waals surface area (Å²) in [6.07, 6.45) is 0.782. The molecule has 0 aliphatic carbocycles. The second-order valence-electron chi connectivity index (χ2n) is 3.74. The molecule has 17 heavy (non-hydrogen) atoms. The average molecular weight is 232 g/mol. The highest BCUT2D eigenvalue weighted by atomic mass is 16.5. The van der Waals surface area contributed by atoms with E-state index < -0.39 is 0 Å². The van der Waals surface area contributed by atoms with Crippen molar-refractivity contribution in [1.29, 1.82) is 0 Å². The van der Waals surface area contributed by atoms with Gasteiger partial charge in [-0.1, -0.05) is 6.07 Å². The Morgan fingerprint density at radius 2 is 1.82 bits per heavy atom. The van der Waals surface area contributed by atoms with Crippen LogP contribution < -0.4 is 15.2 Å². The molecule has 4 nitrogen and oxygen atoms in total. The average Bonchev–Trinajstić information content (AvgIpc) is 2.37. The molecule has 0 fully saturated rings. The van der Waals surface area contributed by atoms with Crippen molar-refractivity contribution >= 4 is 10.9 Å². The number of aromatic nitrogens is 1. The number of hydrogen-bond donors (Lipinski definition) is 1. The van der Waals surface area contributed by atoms with Gasteiger partial charge in [0.2, 0.25) is 0 Å². The molecule has 1 aromatic heterocycles. The highest BCUT2D eigenvalue weighted by molar-refractivity contribution is 5.82. The Labute approximate surface area is 100 Å². The molecule has 2 N–H and O–H groups in total. The van der Waals surface area contributed by atoms with Gasteiger partial charge >= 0.3 is 0 Å². The zero-order chi connectivity index (χ0) is 12.3. The molecule has 2 rings (SSSR count). The van der Waals surface area contributed by atoms with Crippen LogP contribution in [-0.2, 0) is 6.42 Å². The number of hydrogen-bond acceptors (Lipinski definition) is 4. The van der Waals surface area contributed by atoms with Crippen molar-refractivity contribution in [2.45, 2.75) is 6.42 Å². The lowest BCUT2D eigenvalue weighted by Crippen LogP contribution is -2.04. The Kier molecular flexibility index (Phi) is 3.44. The van der Waals surface area contributed by atoms with Gasteiger partial charge in [0.05, 0.1) is 19.7 Å². The fourth-order valence-electron chi connectivity index (χ4n) is 1.78. The molecule has 0 atom stereocenters. The largest absolute Gasteiger partial charge is 0.493 e. The van der Waals surface area contributed by atoms with E-state index >= 15 is 0 Å². The number of methoxy groups -OCH3 is 2. The summed E-state index contributed by atoms with van der Waals surface area (Å²) in [6.45, 7) is 0.603. The number of ether oxygens (including phenoxy) is 2. The molecule has 0 bridgehead atoms. The molecule has 0 saturated carbocycles. The number of nitrogens with two attached hydrogens (primary N) is 1. The number of rotatable bonds is 4. The second-order valence-corrected chi connectivity index (χ2v) is 3.74. The zero-order valence-corrected chi connectivity index (χ0v) is 10.1. The molecule has 0 aliphatic heterocycles. The van der Waals surface area contributed by atoms with Gasteiger partial charge in [-0.15, -0.1) is 0 Å². The zero-order valence-electron chi connectivity index (χ0n) is 10.1. The Hall–Kier alpha value is -1.81. The van der Waals surface area contributed by atoms with Crippen molar-refractivity contribution < 1.29 is 9.47 Å². The third-order valence-corrected chi connectivity index (χ3v) is 2.65. The summed E-state index contributed by atoms with van der Waals surface area (Å²) in [6, 6.07) is 7.82. The normalized spacial score (nSPS) is 10.5. The molecule has 1 aromatic carbocycles. The van der Waals surface area contributed by atoms with Crippen molar-refractivity contribution in [3.63, 3.8) is 0 Å². The van der Waals surface area contributed by atoms with Gasteiger partial charge in [0.1, 0.15) is 0 Å². The van der Waals surface area contributed by atoms with Crippen LogP contribution >= 0.6 is 0 Å². The molecule has 1 heterocycles. The maximum Gasteiger partial charge on any atom is 0.162 e. The van der Waals surface area contributed by atoms with E-state index in [1.807, 2.05) is 24.3 Å². The number of nitrogens with zero attached hydrogens (tertiary/aromatic N) is 1. The molecular formula is C13H16N2O2. The van der Waals surface area contributed by atoms with E-state index in [4.69, 9.17) is 15.2 Å². The van der Waals surface area contributed by atoms with Gasteiger partial charge in [-0.2, -0.15) is 0 Å². The van der Waals surface area contributed by atoms with Gasteiger partial charge in [0.15, 0.2) is 11.5 Å². The molecule has 4 heteroatoms. The van der Waals surface area contributed by atoms with E-state index in [2.05, 4.69) is 4.98 Å². The fraction of sp³-hybridized carbons (Fsp3) is 0.308. The Balaban J connectivity index is 2.54. The summed E-state index contributed by atoms with van der Waals surface area (Å²) < 4.78 is 10.5. The van der Waals surface area contributed by atoms with Crippen LogP contribution in [0.2, 0.25) is 0 Å². The Bertz CT molecular complexity index is 526. The summed E-state index contributed by atoms with van der Waals surface area (Å²) in [4.78, 5) is 4.53. The SMILES string of the molecule is COc1cc2ccc(CCN)nc2cc1OC. The molecule has 90 valence electrons. The molecule has 2 aromatic rings. The minimum atomic E-state index is 0.603. The van der Waals surface area contributed by atoms with Crippen LogP contribution in [-0.4, -0.2) is 25.7 Å². The second kappa shape index (κ2) is 5.01. The van der Waals surface area contributed by atoms with Gasteiger partial charge in [-0.3, -0.25) is 4.98 Å². The molecule has 0 amide bonds. The molecule has 0 radical (unpaired) electrons. The van der Waals surface area contributed by atoms with Crippen LogP contribution in [0.4, 0.5) is 0 Å². The quantitative estimate of drug-likeness (QED) is 0.872. The Morgan fingerprint density at radius 1 is 1.12 bits per heavy atom. The smallest absolute Gasteiger partial charge is 0.162 e. The topological polar surface area (TPSA) is 57.4 Å². The van der Waals surface area contributed by atoms with Gasteiger partial charge in [0, 0.05) is 23.6 Å². The third-order valence-electron chi connectivity index (χ3n) is 2.65. The van der Waals surface area contributed by atoms with Gasteiger partial charge in [0.25, 0.3) is 0 Å². The Morgan fingerprint density at radius 3 is 2.47 bits per heavy atom. The summed E-state index contributed by atoms with van der Waals surface area (Å²) in [5, 5.41) is 1.03. The lowest BCUT2D eigenvalue weighted by molar-refractivity contribution is 0.356. The predicted molar refractivity (Wildman–Crippen MR) is 67.6 cm³/mol. The van der Waals surface area contributed by atoms with Gasteiger partial charge in [-0.25, -0.2) is 0 Å². The number of fused-ring (bicyclic) bond motifs is 1. The third kappa shape index (κ3) is 2.31. The van der Waals surface area contributed by atoms with E-state index in [1.165, 1.54) is 0 Å². The molecule has 0 spiro atoms.